The average molecular weight is 358 g/mol. The van der Waals surface area contributed by atoms with Gasteiger partial charge in [0.2, 0.25) is 0 Å². The first kappa shape index (κ1) is 17.9. The van der Waals surface area contributed by atoms with Crippen LogP contribution in [0.5, 0.6) is 0 Å². The summed E-state index contributed by atoms with van der Waals surface area (Å²) >= 11 is 0. The molecule has 1 fully saturated rings. The van der Waals surface area contributed by atoms with Gasteiger partial charge in [0.25, 0.3) is 5.78 Å². The molecular weight excluding hydrogens is 340 g/mol. The van der Waals surface area contributed by atoms with E-state index in [-0.39, 0.29) is 5.76 Å². The molecule has 0 saturated carbocycles. The number of carbonyl (C=O) groups is 2. The zero-order chi connectivity index (χ0) is 18.5. The van der Waals surface area contributed by atoms with E-state index in [4.69, 9.17) is 13.9 Å². The Balaban J connectivity index is 1.76. The molecule has 2 aromatic rings. The van der Waals surface area contributed by atoms with Crippen molar-refractivity contribution < 1.29 is 33.3 Å². The van der Waals surface area contributed by atoms with Gasteiger partial charge in [0.1, 0.15) is 5.76 Å². The molecule has 1 aromatic carbocycles. The predicted octanol–water partition coefficient (Wildman–Crippen LogP) is 2.56. The normalized spacial score (nSPS) is 15.2. The monoisotopic (exact) mass is 358 g/mol. The molecule has 0 spiro atoms. The van der Waals surface area contributed by atoms with Crippen LogP contribution in [0, 0.1) is 0 Å². The van der Waals surface area contributed by atoms with Crippen molar-refractivity contribution in [3.63, 3.8) is 0 Å². The molecule has 1 N–H and O–H groups in total. The molecule has 3 rings (SSSR count). The number of furan rings is 1. The summed E-state index contributed by atoms with van der Waals surface area (Å²) in [5.41, 5.74) is 1.89. The minimum atomic E-state index is -1.06. The fourth-order valence-electron chi connectivity index (χ4n) is 2.62. The molecule has 136 valence electrons. The lowest BCUT2D eigenvalue weighted by Gasteiger charge is -2.13. The van der Waals surface area contributed by atoms with Crippen LogP contribution in [0.25, 0.3) is 5.76 Å². The van der Waals surface area contributed by atoms with Gasteiger partial charge < -0.3 is 23.7 Å². The van der Waals surface area contributed by atoms with Gasteiger partial charge in [-0.1, -0.05) is 24.3 Å². The lowest BCUT2D eigenvalue weighted by molar-refractivity contribution is -0.149. The summed E-state index contributed by atoms with van der Waals surface area (Å²) in [6.45, 7) is 1.10. The maximum absolute atomic E-state index is 11.5. The van der Waals surface area contributed by atoms with E-state index in [1.807, 2.05) is 24.3 Å². The third-order valence-electron chi connectivity index (χ3n) is 3.86. The van der Waals surface area contributed by atoms with Crippen LogP contribution in [0.1, 0.15) is 28.9 Å². The smallest absolute Gasteiger partial charge is 0.378 e. The number of aliphatic hydroxyl groups excluding tert-OH is 1. The summed E-state index contributed by atoms with van der Waals surface area (Å²) in [5, 5.41) is 9.94. The van der Waals surface area contributed by atoms with Crippen molar-refractivity contribution in [1.29, 1.82) is 0 Å². The number of benzene rings is 1. The first-order valence-corrected chi connectivity index (χ1v) is 8.01. The number of hydrogen-bond donors (Lipinski definition) is 1. The van der Waals surface area contributed by atoms with Crippen LogP contribution in [-0.2, 0) is 30.2 Å². The predicted molar refractivity (Wildman–Crippen MR) is 90.2 cm³/mol. The summed E-state index contributed by atoms with van der Waals surface area (Å²) < 4.78 is 21.0. The van der Waals surface area contributed by atoms with Crippen LogP contribution in [0.2, 0.25) is 0 Å². The Labute approximate surface area is 149 Å². The van der Waals surface area contributed by atoms with Gasteiger partial charge in [-0.25, -0.2) is 4.79 Å². The van der Waals surface area contributed by atoms with E-state index in [0.717, 1.165) is 24.3 Å². The number of carbonyl (C=O) groups excluding carboxylic acids is 2. The molecule has 0 aliphatic carbocycles. The highest BCUT2D eigenvalue weighted by Gasteiger charge is 2.21. The Morgan fingerprint density at radius 1 is 1.19 bits per heavy atom. The summed E-state index contributed by atoms with van der Waals surface area (Å²) in [7, 11) is 1.09. The van der Waals surface area contributed by atoms with E-state index in [1.165, 1.54) is 6.07 Å². The van der Waals surface area contributed by atoms with E-state index in [1.54, 1.807) is 6.07 Å². The molecule has 26 heavy (non-hydrogen) atoms. The Morgan fingerprint density at radius 3 is 2.65 bits per heavy atom. The lowest BCUT2D eigenvalue weighted by Crippen LogP contribution is -2.12. The minimum absolute atomic E-state index is 0.0862. The Bertz CT molecular complexity index is 828. The molecule has 0 amide bonds. The van der Waals surface area contributed by atoms with Crippen LogP contribution in [0.3, 0.4) is 0 Å². The van der Waals surface area contributed by atoms with Crippen LogP contribution < -0.4 is 0 Å². The SMILES string of the molecule is COC(=O)C(=O)C=C(O)c1ccc(Cc2ccccc2C2OCCO2)o1. The van der Waals surface area contributed by atoms with Gasteiger partial charge in [0.05, 0.1) is 20.3 Å². The van der Waals surface area contributed by atoms with Crippen LogP contribution >= 0.6 is 0 Å². The van der Waals surface area contributed by atoms with Crippen LogP contribution in [-0.4, -0.2) is 37.2 Å². The molecule has 0 unspecified atom stereocenters. The zero-order valence-corrected chi connectivity index (χ0v) is 14.1. The summed E-state index contributed by atoms with van der Waals surface area (Å²) in [6, 6.07) is 10.9. The van der Waals surface area contributed by atoms with Gasteiger partial charge in [-0.15, -0.1) is 0 Å². The molecular formula is C19H18O7. The van der Waals surface area contributed by atoms with E-state index in [2.05, 4.69) is 4.74 Å². The minimum Gasteiger partial charge on any atom is -0.504 e. The maximum atomic E-state index is 11.5. The standard InChI is InChI=1S/C19H18O7/c1-23-18(22)16(21)11-15(20)17-7-6-13(26-17)10-12-4-2-3-5-14(12)19-24-8-9-25-19/h2-7,11,19-20H,8-10H2,1H3. The van der Waals surface area contributed by atoms with Gasteiger partial charge >= 0.3 is 5.97 Å². The van der Waals surface area contributed by atoms with Crippen molar-refractivity contribution >= 4 is 17.5 Å². The van der Waals surface area contributed by atoms with Crippen molar-refractivity contribution in [2.75, 3.05) is 20.3 Å². The molecule has 7 nitrogen and oxygen atoms in total. The number of aliphatic hydroxyl groups is 1. The number of hydrogen-bond acceptors (Lipinski definition) is 7. The van der Waals surface area contributed by atoms with Gasteiger partial charge in [-0.3, -0.25) is 4.79 Å². The van der Waals surface area contributed by atoms with Crippen molar-refractivity contribution in [3.8, 4) is 0 Å². The van der Waals surface area contributed by atoms with Crippen molar-refractivity contribution in [2.45, 2.75) is 12.7 Å². The van der Waals surface area contributed by atoms with Gasteiger partial charge in [0, 0.05) is 18.1 Å². The summed E-state index contributed by atoms with van der Waals surface area (Å²) in [5.74, 6) is -1.81. The van der Waals surface area contributed by atoms with E-state index in [0.29, 0.717) is 25.4 Å². The van der Waals surface area contributed by atoms with Gasteiger partial charge in [-0.2, -0.15) is 0 Å². The van der Waals surface area contributed by atoms with Crippen LogP contribution in [0.4, 0.5) is 0 Å². The van der Waals surface area contributed by atoms with Crippen molar-refractivity contribution in [3.05, 3.63) is 65.1 Å². The third-order valence-corrected chi connectivity index (χ3v) is 3.86. The second-order valence-corrected chi connectivity index (χ2v) is 5.60. The number of ketones is 1. The van der Waals surface area contributed by atoms with Gasteiger partial charge in [0.15, 0.2) is 17.8 Å². The molecule has 1 saturated heterocycles. The third kappa shape index (κ3) is 4.01. The fourth-order valence-corrected chi connectivity index (χ4v) is 2.62. The average Bonchev–Trinajstić information content (AvgIpc) is 3.33. The second-order valence-electron chi connectivity index (χ2n) is 5.60. The Kier molecular flexibility index (Phi) is 5.50. The topological polar surface area (TPSA) is 95.2 Å². The van der Waals surface area contributed by atoms with Crippen LogP contribution in [0.15, 0.2) is 46.9 Å². The second kappa shape index (κ2) is 7.99. The number of esters is 1. The summed E-state index contributed by atoms with van der Waals surface area (Å²) in [6.07, 6.45) is 0.826. The van der Waals surface area contributed by atoms with E-state index in [9.17, 15) is 14.7 Å². The van der Waals surface area contributed by atoms with Crippen molar-refractivity contribution in [1.82, 2.24) is 0 Å². The highest BCUT2D eigenvalue weighted by molar-refractivity contribution is 6.39. The molecule has 1 aliphatic heterocycles. The van der Waals surface area contributed by atoms with Gasteiger partial charge in [-0.05, 0) is 17.7 Å². The molecule has 2 heterocycles. The lowest BCUT2D eigenvalue weighted by atomic mass is 10.0. The number of rotatable bonds is 6. The molecule has 1 aliphatic rings. The Hall–Kier alpha value is -2.90. The Morgan fingerprint density at radius 2 is 1.92 bits per heavy atom. The maximum Gasteiger partial charge on any atom is 0.378 e. The molecule has 7 heteroatoms. The first-order chi connectivity index (χ1) is 12.6. The molecule has 0 atom stereocenters. The largest absolute Gasteiger partial charge is 0.504 e. The number of methoxy groups -OCH3 is 1. The molecule has 0 radical (unpaired) electrons. The molecule has 1 aromatic heterocycles. The fraction of sp³-hybridized carbons (Fsp3) is 0.263. The molecule has 0 bridgehead atoms. The van der Waals surface area contributed by atoms with Crippen molar-refractivity contribution in [2.24, 2.45) is 0 Å². The quantitative estimate of drug-likeness (QED) is 0.367. The summed E-state index contributed by atoms with van der Waals surface area (Å²) in [4.78, 5) is 22.6. The highest BCUT2D eigenvalue weighted by atomic mass is 16.7. The highest BCUT2D eigenvalue weighted by Crippen LogP contribution is 2.28. The first-order valence-electron chi connectivity index (χ1n) is 8.01. The number of ether oxygens (including phenoxy) is 3. The zero-order valence-electron chi connectivity index (χ0n) is 14.1. The van der Waals surface area contributed by atoms with E-state index >= 15 is 0 Å². The van der Waals surface area contributed by atoms with E-state index < -0.39 is 23.8 Å².